The first-order chi connectivity index (χ1) is 13.9. The molecule has 0 saturated heterocycles. The second kappa shape index (κ2) is 7.57. The zero-order valence-electron chi connectivity index (χ0n) is 15.3. The second-order valence-electron chi connectivity index (χ2n) is 5.84. The molecule has 1 atom stereocenters. The molecule has 2 rings (SSSR count). The molecule has 0 spiro atoms. The minimum Gasteiger partial charge on any atom is -0.466 e. The molecular weight excluding hydrogens is 376 g/mol. The molecule has 10 nitrogen and oxygen atoms in total. The van der Waals surface area contributed by atoms with Gasteiger partial charge in [-0.05, 0) is 19.1 Å². The van der Waals surface area contributed by atoms with Crippen LogP contribution in [0.5, 0.6) is 0 Å². The average molecular weight is 388 g/mol. The molecule has 2 heterocycles. The maximum atomic E-state index is 12.7. The fraction of sp³-hybridized carbons (Fsp3) is 0.316. The van der Waals surface area contributed by atoms with Crippen molar-refractivity contribution in [2.45, 2.75) is 13.0 Å². The molecule has 0 fully saturated rings. The minimum absolute atomic E-state index is 0.0376. The van der Waals surface area contributed by atoms with E-state index >= 15 is 0 Å². The number of carbonyl (C=O) groups excluding carboxylic acids is 2. The lowest BCUT2D eigenvalue weighted by atomic mass is 9.55. The SMILES string of the molecule is CCOC(=O)C1=C(C(=O)OC)C(C#N)(C#N)C(C#N)(C#N)C2C=C(C#N)C=CN12. The van der Waals surface area contributed by atoms with E-state index in [0.29, 0.717) is 0 Å². The van der Waals surface area contributed by atoms with Gasteiger partial charge in [-0.2, -0.15) is 26.3 Å². The van der Waals surface area contributed by atoms with Gasteiger partial charge in [-0.15, -0.1) is 0 Å². The van der Waals surface area contributed by atoms with Gasteiger partial charge in [-0.1, -0.05) is 0 Å². The topological polar surface area (TPSA) is 175 Å². The third kappa shape index (κ3) is 2.59. The molecule has 142 valence electrons. The number of hydrogen-bond donors (Lipinski definition) is 0. The van der Waals surface area contributed by atoms with Gasteiger partial charge < -0.3 is 14.4 Å². The van der Waals surface area contributed by atoms with Crippen molar-refractivity contribution in [3.63, 3.8) is 0 Å². The van der Waals surface area contributed by atoms with E-state index in [-0.39, 0.29) is 12.2 Å². The highest BCUT2D eigenvalue weighted by molar-refractivity contribution is 6.03. The van der Waals surface area contributed by atoms with Crippen molar-refractivity contribution in [3.8, 4) is 30.3 Å². The van der Waals surface area contributed by atoms with Crippen LogP contribution in [0.2, 0.25) is 0 Å². The fourth-order valence-electron chi connectivity index (χ4n) is 3.30. The fourth-order valence-corrected chi connectivity index (χ4v) is 3.30. The Morgan fingerprint density at radius 2 is 1.72 bits per heavy atom. The van der Waals surface area contributed by atoms with E-state index in [0.717, 1.165) is 12.0 Å². The summed E-state index contributed by atoms with van der Waals surface area (Å²) in [6.07, 6.45) is 3.68. The van der Waals surface area contributed by atoms with Crippen LogP contribution in [0.4, 0.5) is 0 Å². The Bertz CT molecular complexity index is 1050. The number of nitrogens with zero attached hydrogens (tertiary/aromatic N) is 6. The van der Waals surface area contributed by atoms with E-state index in [9.17, 15) is 35.9 Å². The summed E-state index contributed by atoms with van der Waals surface area (Å²) in [5.41, 5.74) is -6.42. The Labute approximate surface area is 166 Å². The number of hydrogen-bond acceptors (Lipinski definition) is 10. The molecule has 0 amide bonds. The van der Waals surface area contributed by atoms with E-state index in [1.807, 2.05) is 6.07 Å². The Morgan fingerprint density at radius 3 is 2.17 bits per heavy atom. The van der Waals surface area contributed by atoms with Crippen LogP contribution in [-0.4, -0.2) is 36.6 Å². The lowest BCUT2D eigenvalue weighted by Gasteiger charge is -2.48. The molecule has 0 aromatic carbocycles. The van der Waals surface area contributed by atoms with Gasteiger partial charge in [-0.3, -0.25) is 0 Å². The zero-order chi connectivity index (χ0) is 21.8. The summed E-state index contributed by atoms with van der Waals surface area (Å²) in [4.78, 5) is 26.4. The van der Waals surface area contributed by atoms with Crippen molar-refractivity contribution in [1.82, 2.24) is 4.90 Å². The maximum Gasteiger partial charge on any atom is 0.355 e. The summed E-state index contributed by atoms with van der Waals surface area (Å²) >= 11 is 0. The lowest BCUT2D eigenvalue weighted by molar-refractivity contribution is -0.144. The number of fused-ring (bicyclic) bond motifs is 1. The molecule has 1 unspecified atom stereocenters. The van der Waals surface area contributed by atoms with Crippen LogP contribution < -0.4 is 0 Å². The van der Waals surface area contributed by atoms with Gasteiger partial charge in [0, 0.05) is 6.20 Å². The number of rotatable bonds is 3. The molecule has 0 aromatic rings. The summed E-state index contributed by atoms with van der Waals surface area (Å²) in [7, 11) is 0.962. The lowest BCUT2D eigenvalue weighted by Crippen LogP contribution is -2.60. The predicted octanol–water partition coefficient (Wildman–Crippen LogP) is 0.705. The van der Waals surface area contributed by atoms with Crippen LogP contribution in [-0.2, 0) is 19.1 Å². The second-order valence-corrected chi connectivity index (χ2v) is 5.84. The molecule has 0 bridgehead atoms. The molecule has 29 heavy (non-hydrogen) atoms. The van der Waals surface area contributed by atoms with Crippen molar-refractivity contribution < 1.29 is 19.1 Å². The van der Waals surface area contributed by atoms with Gasteiger partial charge in [0.25, 0.3) is 0 Å². The van der Waals surface area contributed by atoms with E-state index in [2.05, 4.69) is 4.74 Å². The summed E-state index contributed by atoms with van der Waals surface area (Å²) in [6.45, 7) is 1.42. The Balaban J connectivity index is 3.12. The first-order valence-corrected chi connectivity index (χ1v) is 8.11. The van der Waals surface area contributed by atoms with Crippen LogP contribution in [0.1, 0.15) is 6.92 Å². The summed E-state index contributed by atoms with van der Waals surface area (Å²) in [5, 5.41) is 48.8. The van der Waals surface area contributed by atoms with Crippen LogP contribution in [0.25, 0.3) is 0 Å². The Morgan fingerprint density at radius 1 is 1.10 bits per heavy atom. The Hall–Kier alpha value is -4.59. The number of carbonyl (C=O) groups is 2. The van der Waals surface area contributed by atoms with Gasteiger partial charge in [-0.25, -0.2) is 9.59 Å². The highest BCUT2D eigenvalue weighted by Crippen LogP contribution is 2.55. The molecule has 0 aromatic heterocycles. The van der Waals surface area contributed by atoms with Gasteiger partial charge in [0.2, 0.25) is 10.8 Å². The van der Waals surface area contributed by atoms with Crippen molar-refractivity contribution in [3.05, 3.63) is 35.2 Å². The normalized spacial score (nSPS) is 20.4. The highest BCUT2D eigenvalue weighted by atomic mass is 16.5. The number of nitriles is 5. The molecule has 10 heteroatoms. The number of allylic oxidation sites excluding steroid dienone is 2. The number of esters is 2. The van der Waals surface area contributed by atoms with Crippen LogP contribution in [0.15, 0.2) is 35.2 Å². The summed E-state index contributed by atoms with van der Waals surface area (Å²) < 4.78 is 9.64. The van der Waals surface area contributed by atoms with Gasteiger partial charge >= 0.3 is 11.9 Å². The quantitative estimate of drug-likeness (QED) is 0.626. The van der Waals surface area contributed by atoms with Crippen LogP contribution >= 0.6 is 0 Å². The molecule has 0 aliphatic carbocycles. The van der Waals surface area contributed by atoms with Crippen LogP contribution in [0, 0.1) is 67.5 Å². The molecular formula is C19H12N6O4. The van der Waals surface area contributed by atoms with E-state index < -0.39 is 40.1 Å². The molecule has 2 aliphatic heterocycles. The predicted molar refractivity (Wildman–Crippen MR) is 91.5 cm³/mol. The smallest absolute Gasteiger partial charge is 0.355 e. The third-order valence-electron chi connectivity index (χ3n) is 4.63. The van der Waals surface area contributed by atoms with E-state index in [1.54, 1.807) is 24.3 Å². The third-order valence-corrected chi connectivity index (χ3v) is 4.63. The largest absolute Gasteiger partial charge is 0.466 e. The minimum atomic E-state index is -2.70. The first-order valence-electron chi connectivity index (χ1n) is 8.11. The van der Waals surface area contributed by atoms with E-state index in [1.165, 1.54) is 25.3 Å². The summed E-state index contributed by atoms with van der Waals surface area (Å²) in [5.74, 6) is -2.30. The molecule has 2 aliphatic rings. The molecule has 0 saturated carbocycles. The first kappa shape index (κ1) is 20.7. The van der Waals surface area contributed by atoms with Crippen molar-refractivity contribution in [2.75, 3.05) is 13.7 Å². The number of ether oxygens (including phenoxy) is 2. The van der Waals surface area contributed by atoms with Crippen molar-refractivity contribution in [2.24, 2.45) is 10.8 Å². The molecule has 0 radical (unpaired) electrons. The van der Waals surface area contributed by atoms with Crippen molar-refractivity contribution in [1.29, 1.82) is 26.3 Å². The molecule has 0 N–H and O–H groups in total. The summed E-state index contributed by atoms with van der Waals surface area (Å²) in [6, 6.07) is 6.95. The standard InChI is InChI=1S/C19H12N6O4/c1-3-29-17(27)15-14(16(26)28-2)19(10-23,11-24)18(8-21,9-22)13-6-12(7-20)4-5-25(13)15/h4-6,13H,3H2,1-2H3. The van der Waals surface area contributed by atoms with Gasteiger partial charge in [0.05, 0.1) is 55.7 Å². The highest BCUT2D eigenvalue weighted by Gasteiger charge is 2.69. The van der Waals surface area contributed by atoms with Crippen LogP contribution in [0.3, 0.4) is 0 Å². The number of methoxy groups -OCH3 is 1. The average Bonchev–Trinajstić information content (AvgIpc) is 2.76. The Kier molecular flexibility index (Phi) is 5.41. The zero-order valence-corrected chi connectivity index (χ0v) is 15.3. The monoisotopic (exact) mass is 388 g/mol. The van der Waals surface area contributed by atoms with Crippen molar-refractivity contribution >= 4 is 11.9 Å². The maximum absolute atomic E-state index is 12.7. The van der Waals surface area contributed by atoms with E-state index in [4.69, 9.17) is 4.74 Å². The van der Waals surface area contributed by atoms with Gasteiger partial charge in [0.1, 0.15) is 11.3 Å². The van der Waals surface area contributed by atoms with Gasteiger partial charge in [0.15, 0.2) is 0 Å².